The van der Waals surface area contributed by atoms with E-state index in [1.54, 1.807) is 36.1 Å². The summed E-state index contributed by atoms with van der Waals surface area (Å²) in [6, 6.07) is 10.7. The van der Waals surface area contributed by atoms with Gasteiger partial charge in [-0.1, -0.05) is 112 Å². The molecule has 14 nitrogen and oxygen atoms in total. The molecule has 2 aliphatic heterocycles. The van der Waals surface area contributed by atoms with Crippen molar-refractivity contribution in [2.75, 3.05) is 26.4 Å². The molecule has 16 atom stereocenters. The quantitative estimate of drug-likeness (QED) is 0.0484. The molecule has 6 aliphatic carbocycles. The molecule has 2 saturated heterocycles. The van der Waals surface area contributed by atoms with Crippen LogP contribution in [0.25, 0.3) is 0 Å². The number of hydroxylamine groups is 4. The molecule has 77 heavy (non-hydrogen) atoms. The number of benzene rings is 2. The Balaban J connectivity index is 0.000000227. The highest BCUT2D eigenvalue weighted by Crippen LogP contribution is 2.62. The zero-order valence-corrected chi connectivity index (χ0v) is 53.5. The number of nitrogens with one attached hydrogen (secondary N) is 2. The molecule has 10 rings (SSSR count). The van der Waals surface area contributed by atoms with Gasteiger partial charge in [-0.25, -0.2) is 0 Å². The van der Waals surface area contributed by atoms with Gasteiger partial charge in [0.2, 0.25) is 11.8 Å². The molecule has 2 aromatic carbocycles. The lowest BCUT2D eigenvalue weighted by Gasteiger charge is -2.62. The van der Waals surface area contributed by atoms with Crippen LogP contribution in [0.5, 0.6) is 11.5 Å². The molecule has 430 valence electrons. The minimum absolute atomic E-state index is 0.0340. The minimum Gasteiger partial charge on any atom is -0.488 e. The van der Waals surface area contributed by atoms with Crippen molar-refractivity contribution in [1.29, 1.82) is 0 Å². The number of amides is 2. The fourth-order valence-electron chi connectivity index (χ4n) is 13.8. The van der Waals surface area contributed by atoms with E-state index in [4.69, 9.17) is 23.6 Å². The summed E-state index contributed by atoms with van der Waals surface area (Å²) >= 11 is 4.50. The van der Waals surface area contributed by atoms with Crippen molar-refractivity contribution >= 4 is 65.3 Å². The first-order chi connectivity index (χ1) is 36.1. The van der Waals surface area contributed by atoms with E-state index in [1.165, 1.54) is 12.8 Å². The fraction of sp³-hybridized carbons (Fsp3) is 0.700. The number of rotatable bonds is 20. The van der Waals surface area contributed by atoms with E-state index in [0.717, 1.165) is 42.6 Å². The highest BCUT2D eigenvalue weighted by Gasteiger charge is 2.59. The van der Waals surface area contributed by atoms with Gasteiger partial charge in [-0.2, -0.15) is 10.1 Å². The summed E-state index contributed by atoms with van der Waals surface area (Å²) in [6.45, 7) is 37.4. The maximum Gasteiger partial charge on any atom is 0.240 e. The van der Waals surface area contributed by atoms with Crippen LogP contribution in [0, 0.1) is 65.3 Å². The molecule has 2 aromatic rings. The first kappa shape index (κ1) is 62.4. The van der Waals surface area contributed by atoms with E-state index >= 15 is 0 Å². The molecule has 6 saturated carbocycles. The Morgan fingerprint density at radius 2 is 1.16 bits per heavy atom. The average molecular weight is 1310 g/mol. The molecular weight excluding hydrogens is 1220 g/mol. The van der Waals surface area contributed by atoms with Crippen LogP contribution in [0.4, 0.5) is 0 Å². The number of fused-ring (bicyclic) bond motifs is 4. The predicted molar refractivity (Wildman–Crippen MR) is 321 cm³/mol. The van der Waals surface area contributed by atoms with Crippen molar-refractivity contribution in [2.24, 2.45) is 58.2 Å². The van der Waals surface area contributed by atoms with Gasteiger partial charge in [0, 0.05) is 35.0 Å². The second kappa shape index (κ2) is 25.1. The molecule has 0 spiro atoms. The van der Waals surface area contributed by atoms with Crippen molar-refractivity contribution in [1.82, 2.24) is 20.8 Å². The molecule has 0 unspecified atom stereocenters. The Morgan fingerprint density at radius 3 is 1.51 bits per heavy atom. The molecule has 8 aliphatic rings. The summed E-state index contributed by atoms with van der Waals surface area (Å²) in [5.74, 6) is 3.54. The highest BCUT2D eigenvalue weighted by molar-refractivity contribution is 14.1. The van der Waals surface area contributed by atoms with Crippen LogP contribution >= 0.6 is 45.2 Å². The highest BCUT2D eigenvalue weighted by atomic mass is 127. The second-order valence-electron chi connectivity index (χ2n) is 26.0. The van der Waals surface area contributed by atoms with Crippen molar-refractivity contribution in [3.8, 4) is 11.5 Å². The van der Waals surface area contributed by atoms with E-state index in [1.807, 2.05) is 36.4 Å². The van der Waals surface area contributed by atoms with Crippen molar-refractivity contribution in [3.05, 3.63) is 80.0 Å². The number of carbonyl (C=O) groups excluding carboxylic acids is 2. The molecule has 5 N–H and O–H groups in total. The summed E-state index contributed by atoms with van der Waals surface area (Å²) in [5.41, 5.74) is 2.46. The molecule has 8 fully saturated rings. The third-order valence-electron chi connectivity index (χ3n) is 19.8. The number of hydrogen-bond acceptors (Lipinski definition) is 12. The molecule has 2 amide bonds. The van der Waals surface area contributed by atoms with Gasteiger partial charge >= 0.3 is 0 Å². The Labute approximate surface area is 488 Å². The largest absolute Gasteiger partial charge is 0.488 e. The van der Waals surface area contributed by atoms with Crippen molar-refractivity contribution in [2.45, 2.75) is 182 Å². The molecule has 0 aromatic heterocycles. The Bertz CT molecular complexity index is 2400. The average Bonchev–Trinajstić information content (AvgIpc) is 4.00. The third kappa shape index (κ3) is 13.0. The predicted octanol–water partition coefficient (Wildman–Crippen LogP) is 10.1. The number of nitrogens with zero attached hydrogens (tertiary/aromatic N) is 2. The van der Waals surface area contributed by atoms with Gasteiger partial charge in [-0.05, 0) is 161 Å². The number of aliphatic hydroxyl groups excluding tert-OH is 3. The number of carbonyl (C=O) groups is 2. The van der Waals surface area contributed by atoms with Crippen molar-refractivity contribution < 1.29 is 48.5 Å². The number of halogens is 2. The summed E-state index contributed by atoms with van der Waals surface area (Å²) in [5, 5.41) is 41.9. The lowest BCUT2D eigenvalue weighted by atomic mass is 9.45. The first-order valence-corrected chi connectivity index (χ1v) is 33.3. The summed E-state index contributed by atoms with van der Waals surface area (Å²) in [6.07, 6.45) is 5.18. The van der Waals surface area contributed by atoms with Gasteiger partial charge in [-0.15, -0.1) is 0 Å². The standard InChI is InChI=1S/C33H53IN2O5Si.C27H39IN2O5/c1-11-15-39-30-22(13-12-14-25(30)34)18-36-29(31(38)35-26-17-23-16-24(20(26)2)33(23,7)8)28(21(3)37)27(41-36)19-40-42(9,10)32(4,5)6;1-6-10-34-25-17(8-7-9-20(25)28)13-30-24(23(16(3)32)22(14-31)35-30)26(33)29-21-12-18-11-19(15(21)2)27(18,4)5/h11-14,20-21,23-24,26-29,37H,1,15-19H2,2-10H3,(H,35,38);6-9,15-16,18-19,21-24,31-32H,1,10-14H2,2-5H3,(H,29,33)/t20-,21-,23+,24-,26-,27-,28+,29-;15-,16-,18+,19-,21-,22-,23+,24-/m00/s1. The summed E-state index contributed by atoms with van der Waals surface area (Å²) in [4.78, 5) is 40.7. The van der Waals surface area contributed by atoms with E-state index in [-0.39, 0.29) is 35.5 Å². The number of aliphatic hydroxyl groups is 3. The Hall–Kier alpha value is -2.18. The zero-order chi connectivity index (χ0) is 56.7. The summed E-state index contributed by atoms with van der Waals surface area (Å²) in [7, 11) is -2.09. The van der Waals surface area contributed by atoms with Gasteiger partial charge < -0.3 is 39.9 Å². The SMILES string of the molecule is C=CCOc1c(I)cccc1CN1O[C@@H](CO)[C@@H]([C@H](C)O)[C@H]1C(=O)N[C@H]1C[C@H]2C[C@@H]([C@@H]1C)C2(C)C.C=CCOc1c(I)cccc1CN1O[C@@H](CO[Si](C)(C)C(C)(C)C)[C@@H]([C@H](C)O)[C@H]1C(=O)N[C@H]1C[C@H]2C[C@@H]([C@@H]1C)C2(C)C. The first-order valence-electron chi connectivity index (χ1n) is 28.2. The topological polar surface area (TPSA) is 172 Å². The van der Waals surface area contributed by atoms with Crippen LogP contribution < -0.4 is 20.1 Å². The van der Waals surface area contributed by atoms with Crippen LogP contribution in [0.15, 0.2) is 61.7 Å². The minimum atomic E-state index is -2.09. The number of ether oxygens (including phenoxy) is 2. The molecule has 2 heterocycles. The lowest BCUT2D eigenvalue weighted by molar-refractivity contribution is -0.183. The monoisotopic (exact) mass is 1310 g/mol. The van der Waals surface area contributed by atoms with Gasteiger partial charge in [0.15, 0.2) is 8.32 Å². The normalized spacial score (nSPS) is 33.1. The van der Waals surface area contributed by atoms with Gasteiger partial charge in [0.25, 0.3) is 0 Å². The van der Waals surface area contributed by atoms with Gasteiger partial charge in [0.05, 0.1) is 45.7 Å². The Kier molecular flexibility index (Phi) is 20.4. The second-order valence-corrected chi connectivity index (χ2v) is 33.1. The van der Waals surface area contributed by atoms with Crippen LogP contribution in [-0.2, 0) is 36.8 Å². The van der Waals surface area contributed by atoms with E-state index < -0.39 is 56.7 Å². The Morgan fingerprint density at radius 1 is 0.753 bits per heavy atom. The molecule has 17 heteroatoms. The van der Waals surface area contributed by atoms with E-state index in [2.05, 4.69) is 144 Å². The molecular formula is C60H92I2N4O10Si. The maximum absolute atomic E-state index is 14.3. The zero-order valence-electron chi connectivity index (χ0n) is 48.2. The van der Waals surface area contributed by atoms with Crippen LogP contribution in [0.1, 0.15) is 113 Å². The molecule has 4 bridgehead atoms. The van der Waals surface area contributed by atoms with Crippen molar-refractivity contribution in [3.63, 3.8) is 0 Å². The number of para-hydroxylation sites is 2. The van der Waals surface area contributed by atoms with E-state index in [9.17, 15) is 24.9 Å². The van der Waals surface area contributed by atoms with E-state index in [0.29, 0.717) is 79.2 Å². The summed E-state index contributed by atoms with van der Waals surface area (Å²) < 4.78 is 20.5. The third-order valence-corrected chi connectivity index (χ3v) is 26.0. The lowest BCUT2D eigenvalue weighted by Crippen LogP contribution is -2.62. The number of hydrogen-bond donors (Lipinski definition) is 5. The maximum atomic E-state index is 14.3. The fourth-order valence-corrected chi connectivity index (χ4v) is 16.2. The smallest absolute Gasteiger partial charge is 0.240 e. The van der Waals surface area contributed by atoms with Crippen LogP contribution in [0.3, 0.4) is 0 Å². The van der Waals surface area contributed by atoms with Gasteiger partial charge in [-0.3, -0.25) is 19.3 Å². The van der Waals surface area contributed by atoms with Gasteiger partial charge in [0.1, 0.15) is 49.0 Å². The van der Waals surface area contributed by atoms with Crippen LogP contribution in [-0.4, -0.2) is 121 Å². The molecule has 0 radical (unpaired) electrons. The van der Waals surface area contributed by atoms with Crippen LogP contribution in [0.2, 0.25) is 18.1 Å².